The Balaban J connectivity index is 2.38. The molecule has 0 aliphatic heterocycles. The van der Waals surface area contributed by atoms with Crippen LogP contribution < -0.4 is 5.43 Å². The van der Waals surface area contributed by atoms with Gasteiger partial charge in [0.15, 0.2) is 0 Å². The van der Waals surface area contributed by atoms with Gasteiger partial charge in [0.05, 0.1) is 12.6 Å². The number of ether oxygens (including phenoxy) is 1. The number of carbonyl (C=O) groups excluding carboxylic acids is 1. The summed E-state index contributed by atoms with van der Waals surface area (Å²) in [5.74, 6) is -0.476. The van der Waals surface area contributed by atoms with Gasteiger partial charge < -0.3 is 15.7 Å². The highest BCUT2D eigenvalue weighted by Crippen LogP contribution is 2.21. The molecule has 0 saturated carbocycles. The Morgan fingerprint density at radius 3 is 2.74 bits per heavy atom. The second kappa shape index (κ2) is 5.95. The molecule has 0 amide bonds. The zero-order chi connectivity index (χ0) is 13.7. The van der Waals surface area contributed by atoms with Crippen LogP contribution >= 0.6 is 0 Å². The molecule has 0 spiro atoms. The monoisotopic (exact) mass is 256 g/mol. The predicted octanol–water partition coefficient (Wildman–Crippen LogP) is 2.97. The van der Waals surface area contributed by atoms with Crippen LogP contribution in [0.3, 0.4) is 0 Å². The van der Waals surface area contributed by atoms with E-state index in [0.29, 0.717) is 5.56 Å². The van der Waals surface area contributed by atoms with E-state index in [1.165, 1.54) is 0 Å². The highest BCUT2D eigenvalue weighted by atomic mass is 16.5. The number of hydrogen-bond donors (Lipinski definition) is 1. The lowest BCUT2D eigenvalue weighted by atomic mass is 10.0. The summed E-state index contributed by atoms with van der Waals surface area (Å²) in [4.78, 5) is 11.8. The summed E-state index contributed by atoms with van der Waals surface area (Å²) in [6.07, 6.45) is 0. The van der Waals surface area contributed by atoms with Gasteiger partial charge in [-0.3, -0.25) is 10.0 Å². The molecule has 2 aromatic carbocycles. The van der Waals surface area contributed by atoms with Crippen LogP contribution in [-0.2, 0) is 9.53 Å². The van der Waals surface area contributed by atoms with E-state index in [2.05, 4.69) is 10.6 Å². The zero-order valence-electron chi connectivity index (χ0n) is 10.5. The molecular weight excluding hydrogens is 242 g/mol. The summed E-state index contributed by atoms with van der Waals surface area (Å²) in [5, 5.41) is 4.93. The van der Waals surface area contributed by atoms with Gasteiger partial charge in [-0.25, -0.2) is 0 Å². The number of carbonyl (C=O) groups is 1. The Labute approximate surface area is 111 Å². The van der Waals surface area contributed by atoms with Gasteiger partial charge >= 0.3 is 5.97 Å². The van der Waals surface area contributed by atoms with E-state index in [0.717, 1.165) is 10.8 Å². The third kappa shape index (κ3) is 2.88. The van der Waals surface area contributed by atoms with Gasteiger partial charge in [0.2, 0.25) is 0 Å². The average Bonchev–Trinajstić information content (AvgIpc) is 2.44. The summed E-state index contributed by atoms with van der Waals surface area (Å²) in [7, 11) is 0. The SMILES string of the molecule is CCOC(=O)C(NN=[N-])c1ccc2ccccc2c1. The van der Waals surface area contributed by atoms with Gasteiger partial charge in [0.1, 0.15) is 0 Å². The summed E-state index contributed by atoms with van der Waals surface area (Å²) in [6, 6.07) is 12.6. The van der Waals surface area contributed by atoms with E-state index in [-0.39, 0.29) is 6.61 Å². The number of esters is 1. The molecular formula is C14H14N3O2-. The van der Waals surface area contributed by atoms with Crippen LogP contribution in [0.15, 0.2) is 47.7 Å². The number of nitrogens with one attached hydrogen (secondary N) is 1. The first-order chi connectivity index (χ1) is 9.26. The van der Waals surface area contributed by atoms with Crippen molar-refractivity contribution in [3.05, 3.63) is 53.6 Å². The van der Waals surface area contributed by atoms with Crippen molar-refractivity contribution in [3.8, 4) is 0 Å². The highest BCUT2D eigenvalue weighted by molar-refractivity contribution is 5.85. The molecule has 98 valence electrons. The molecule has 0 aliphatic carbocycles. The van der Waals surface area contributed by atoms with Crippen molar-refractivity contribution in [2.45, 2.75) is 13.0 Å². The lowest BCUT2D eigenvalue weighted by Crippen LogP contribution is -2.26. The van der Waals surface area contributed by atoms with Crippen LogP contribution in [0.25, 0.3) is 16.3 Å². The van der Waals surface area contributed by atoms with Crippen molar-refractivity contribution in [2.24, 2.45) is 5.22 Å². The van der Waals surface area contributed by atoms with Gasteiger partial charge in [-0.1, -0.05) is 42.5 Å². The quantitative estimate of drug-likeness (QED) is 0.507. The van der Waals surface area contributed by atoms with Crippen LogP contribution in [0.5, 0.6) is 0 Å². The molecule has 0 aromatic heterocycles. The normalized spacial score (nSPS) is 11.8. The smallest absolute Gasteiger partial charge is 0.313 e. The Kier molecular flexibility index (Phi) is 4.07. The van der Waals surface area contributed by atoms with Gasteiger partial charge in [0.25, 0.3) is 0 Å². The third-order valence-electron chi connectivity index (χ3n) is 2.82. The third-order valence-corrected chi connectivity index (χ3v) is 2.82. The van der Waals surface area contributed by atoms with Crippen molar-refractivity contribution in [2.75, 3.05) is 6.61 Å². The molecule has 2 aromatic rings. The maximum absolute atomic E-state index is 11.8. The van der Waals surface area contributed by atoms with Crippen LogP contribution in [0.1, 0.15) is 18.5 Å². The van der Waals surface area contributed by atoms with Crippen molar-refractivity contribution in [3.63, 3.8) is 0 Å². The van der Waals surface area contributed by atoms with Crippen LogP contribution in [0, 0.1) is 0 Å². The first-order valence-electron chi connectivity index (χ1n) is 6.01. The van der Waals surface area contributed by atoms with Crippen LogP contribution in [-0.4, -0.2) is 12.6 Å². The van der Waals surface area contributed by atoms with Crippen molar-refractivity contribution in [1.82, 2.24) is 5.43 Å². The minimum absolute atomic E-state index is 0.274. The van der Waals surface area contributed by atoms with Crippen molar-refractivity contribution >= 4 is 16.7 Å². The fourth-order valence-electron chi connectivity index (χ4n) is 1.93. The molecule has 1 N–H and O–H groups in total. The first kappa shape index (κ1) is 13.0. The molecule has 1 atom stereocenters. The zero-order valence-corrected chi connectivity index (χ0v) is 10.5. The van der Waals surface area contributed by atoms with E-state index in [4.69, 9.17) is 10.3 Å². The van der Waals surface area contributed by atoms with Crippen LogP contribution in [0.2, 0.25) is 0 Å². The lowest BCUT2D eigenvalue weighted by Gasteiger charge is -2.20. The van der Waals surface area contributed by atoms with E-state index in [9.17, 15) is 4.79 Å². The summed E-state index contributed by atoms with van der Waals surface area (Å²) in [6.45, 7) is 2.00. The molecule has 0 radical (unpaired) electrons. The second-order valence-corrected chi connectivity index (χ2v) is 4.02. The minimum Gasteiger partial charge on any atom is -0.466 e. The number of nitrogens with zero attached hydrogens (tertiary/aromatic N) is 2. The van der Waals surface area contributed by atoms with Crippen molar-refractivity contribution in [1.29, 1.82) is 0 Å². The molecule has 19 heavy (non-hydrogen) atoms. The van der Waals surface area contributed by atoms with E-state index >= 15 is 0 Å². The molecule has 0 bridgehead atoms. The Morgan fingerprint density at radius 1 is 1.32 bits per heavy atom. The average molecular weight is 256 g/mol. The van der Waals surface area contributed by atoms with Gasteiger partial charge in [-0.15, -0.1) is 0 Å². The molecule has 2 rings (SSSR count). The van der Waals surface area contributed by atoms with Gasteiger partial charge in [0, 0.05) is 0 Å². The Bertz CT molecular complexity index is 598. The van der Waals surface area contributed by atoms with Gasteiger partial charge in [-0.2, -0.15) is 0 Å². The summed E-state index contributed by atoms with van der Waals surface area (Å²) in [5.41, 5.74) is 11.7. The van der Waals surface area contributed by atoms with Gasteiger partial charge in [-0.05, 0) is 23.3 Å². The summed E-state index contributed by atoms with van der Waals surface area (Å²) < 4.78 is 4.95. The van der Waals surface area contributed by atoms with E-state index in [1.807, 2.05) is 42.5 Å². The molecule has 5 nitrogen and oxygen atoms in total. The standard InChI is InChI=1S/C14H14N3O2/c1-2-19-14(18)13(16-17-15)12-8-7-10-5-3-4-6-11(10)9-12/h3-9,13H,2H2,1H3,(H-,15,16)/q-1. The largest absolute Gasteiger partial charge is 0.466 e. The highest BCUT2D eigenvalue weighted by Gasteiger charge is 2.17. The topological polar surface area (TPSA) is 73.0 Å². The van der Waals surface area contributed by atoms with E-state index in [1.54, 1.807) is 6.92 Å². The van der Waals surface area contributed by atoms with E-state index < -0.39 is 12.0 Å². The lowest BCUT2D eigenvalue weighted by molar-refractivity contribution is -0.145. The fourth-order valence-corrected chi connectivity index (χ4v) is 1.93. The maximum atomic E-state index is 11.8. The first-order valence-corrected chi connectivity index (χ1v) is 6.01. The number of hydrogen-bond acceptors (Lipinski definition) is 3. The maximum Gasteiger partial charge on any atom is 0.313 e. The predicted molar refractivity (Wildman–Crippen MR) is 72.2 cm³/mol. The van der Waals surface area contributed by atoms with Crippen LogP contribution in [0.4, 0.5) is 0 Å². The molecule has 0 heterocycles. The molecule has 1 unspecified atom stereocenters. The molecule has 0 fully saturated rings. The molecule has 0 saturated heterocycles. The number of benzene rings is 2. The second-order valence-electron chi connectivity index (χ2n) is 4.02. The fraction of sp³-hybridized carbons (Fsp3) is 0.214. The molecule has 5 heteroatoms. The number of rotatable bonds is 5. The number of fused-ring (bicyclic) bond motifs is 1. The minimum atomic E-state index is -0.811. The van der Waals surface area contributed by atoms with Crippen molar-refractivity contribution < 1.29 is 9.53 Å². The molecule has 0 aliphatic rings. The Morgan fingerprint density at radius 2 is 2.05 bits per heavy atom. The summed E-state index contributed by atoms with van der Waals surface area (Å²) >= 11 is 0. The Hall–Kier alpha value is -2.43.